The van der Waals surface area contributed by atoms with Crippen LogP contribution in [0.15, 0.2) is 36.4 Å². The molecule has 1 amide bonds. The van der Waals surface area contributed by atoms with E-state index in [1.54, 1.807) is 7.11 Å². The van der Waals surface area contributed by atoms with E-state index in [1.165, 1.54) is 0 Å². The number of aromatic nitrogens is 1. The lowest BCUT2D eigenvalue weighted by molar-refractivity contribution is -0.134. The Morgan fingerprint density at radius 3 is 2.67 bits per heavy atom. The molecular formula is C26H32N4O3. The average molecular weight is 449 g/mol. The van der Waals surface area contributed by atoms with E-state index in [0.29, 0.717) is 55.7 Å². The summed E-state index contributed by atoms with van der Waals surface area (Å²) in [5.41, 5.74) is 2.55. The summed E-state index contributed by atoms with van der Waals surface area (Å²) < 4.78 is 11.4. The summed E-state index contributed by atoms with van der Waals surface area (Å²) in [5, 5.41) is 9.92. The van der Waals surface area contributed by atoms with Crippen LogP contribution in [-0.2, 0) is 9.53 Å². The van der Waals surface area contributed by atoms with E-state index in [0.717, 1.165) is 24.1 Å². The fourth-order valence-electron chi connectivity index (χ4n) is 4.40. The minimum absolute atomic E-state index is 0.0369. The van der Waals surface area contributed by atoms with Gasteiger partial charge in [0.1, 0.15) is 23.7 Å². The normalized spacial score (nSPS) is 19.2. The first-order chi connectivity index (χ1) is 16.0. The maximum Gasteiger partial charge on any atom is 0.225 e. The third-order valence-corrected chi connectivity index (χ3v) is 6.42. The largest absolute Gasteiger partial charge is 0.484 e. The highest BCUT2D eigenvalue weighted by Gasteiger charge is 2.33. The molecular weight excluding hydrogens is 416 g/mol. The third-order valence-electron chi connectivity index (χ3n) is 6.42. The van der Waals surface area contributed by atoms with Gasteiger partial charge >= 0.3 is 0 Å². The van der Waals surface area contributed by atoms with Crippen molar-refractivity contribution in [3.05, 3.63) is 53.2 Å². The number of hydrogen-bond donors (Lipinski definition) is 0. The van der Waals surface area contributed by atoms with Gasteiger partial charge in [-0.2, -0.15) is 5.26 Å². The SMILES string of the molecule is COCCC(=O)N1CCN(c2nc(C3CC3)c(O[C@H](C)c3ccccc3)cc2C#N)CC1C. The Hall–Kier alpha value is -3.11. The number of piperazine rings is 1. The molecule has 0 spiro atoms. The van der Waals surface area contributed by atoms with Gasteiger partial charge in [0.05, 0.1) is 24.3 Å². The second-order valence-electron chi connectivity index (χ2n) is 8.92. The number of carbonyl (C=O) groups excluding carboxylic acids is 1. The fourth-order valence-corrected chi connectivity index (χ4v) is 4.40. The summed E-state index contributed by atoms with van der Waals surface area (Å²) in [5.74, 6) is 1.89. The smallest absolute Gasteiger partial charge is 0.225 e. The van der Waals surface area contributed by atoms with Crippen molar-refractivity contribution in [1.82, 2.24) is 9.88 Å². The predicted octanol–water partition coefficient (Wildman–Crippen LogP) is 4.04. The number of nitriles is 1. The van der Waals surface area contributed by atoms with E-state index in [2.05, 4.69) is 11.0 Å². The predicted molar refractivity (Wildman–Crippen MR) is 126 cm³/mol. The van der Waals surface area contributed by atoms with Crippen LogP contribution >= 0.6 is 0 Å². The molecule has 4 rings (SSSR count). The Morgan fingerprint density at radius 2 is 2.03 bits per heavy atom. The first kappa shape index (κ1) is 23.1. The lowest BCUT2D eigenvalue weighted by Gasteiger charge is -2.41. The van der Waals surface area contributed by atoms with Crippen LogP contribution in [0.1, 0.15) is 62.0 Å². The highest BCUT2D eigenvalue weighted by Crippen LogP contribution is 2.45. The number of benzene rings is 1. The first-order valence-corrected chi connectivity index (χ1v) is 11.7. The summed E-state index contributed by atoms with van der Waals surface area (Å²) >= 11 is 0. The van der Waals surface area contributed by atoms with Crippen LogP contribution < -0.4 is 9.64 Å². The number of rotatable bonds is 8. The van der Waals surface area contributed by atoms with Crippen molar-refractivity contribution in [2.24, 2.45) is 0 Å². The quantitative estimate of drug-likeness (QED) is 0.606. The van der Waals surface area contributed by atoms with Crippen molar-refractivity contribution < 1.29 is 14.3 Å². The fraction of sp³-hybridized carbons (Fsp3) is 0.500. The molecule has 7 heteroatoms. The molecule has 1 aliphatic carbocycles. The molecule has 2 atom stereocenters. The standard InChI is InChI=1S/C26H32N4O3/c1-18-17-29(12-13-30(18)24(31)11-14-32-3)26-22(16-27)15-23(25(28-26)21-9-10-21)33-19(2)20-7-5-4-6-8-20/h4-8,15,18-19,21H,9-14,17H2,1-3H3/t18?,19-/m1/s1. The molecule has 2 fully saturated rings. The van der Waals surface area contributed by atoms with Crippen molar-refractivity contribution in [3.8, 4) is 11.8 Å². The Bertz CT molecular complexity index is 1020. The number of hydrogen-bond acceptors (Lipinski definition) is 6. The van der Waals surface area contributed by atoms with Crippen LogP contribution in [0.25, 0.3) is 0 Å². The van der Waals surface area contributed by atoms with E-state index in [-0.39, 0.29) is 18.1 Å². The van der Waals surface area contributed by atoms with E-state index in [1.807, 2.05) is 55.1 Å². The molecule has 7 nitrogen and oxygen atoms in total. The molecule has 1 saturated heterocycles. The molecule has 1 aromatic heterocycles. The molecule has 0 radical (unpaired) electrons. The zero-order chi connectivity index (χ0) is 23.4. The molecule has 1 saturated carbocycles. The monoisotopic (exact) mass is 448 g/mol. The molecule has 2 aromatic rings. The second kappa shape index (κ2) is 10.2. The van der Waals surface area contributed by atoms with Gasteiger partial charge in [0.2, 0.25) is 5.91 Å². The van der Waals surface area contributed by atoms with E-state index in [4.69, 9.17) is 14.5 Å². The van der Waals surface area contributed by atoms with Crippen LogP contribution in [0.3, 0.4) is 0 Å². The number of ether oxygens (including phenoxy) is 2. The molecule has 174 valence electrons. The molecule has 2 heterocycles. The lowest BCUT2D eigenvalue weighted by Crippen LogP contribution is -2.54. The van der Waals surface area contributed by atoms with Gasteiger partial charge in [-0.3, -0.25) is 4.79 Å². The third kappa shape index (κ3) is 5.28. The van der Waals surface area contributed by atoms with Crippen LogP contribution in [0.5, 0.6) is 5.75 Å². The maximum atomic E-state index is 12.5. The minimum atomic E-state index is -0.135. The van der Waals surface area contributed by atoms with E-state index in [9.17, 15) is 10.1 Å². The molecule has 0 bridgehead atoms. The van der Waals surface area contributed by atoms with Gasteiger partial charge in [-0.05, 0) is 32.3 Å². The number of nitrogens with zero attached hydrogens (tertiary/aromatic N) is 4. The van der Waals surface area contributed by atoms with Crippen molar-refractivity contribution in [1.29, 1.82) is 5.26 Å². The Balaban J connectivity index is 1.55. The Kier molecular flexibility index (Phi) is 7.14. The summed E-state index contributed by atoms with van der Waals surface area (Å²) in [7, 11) is 1.61. The topological polar surface area (TPSA) is 78.7 Å². The summed E-state index contributed by atoms with van der Waals surface area (Å²) in [6.07, 6.45) is 2.43. The second-order valence-corrected chi connectivity index (χ2v) is 8.92. The van der Waals surface area contributed by atoms with Crippen LogP contribution in [0, 0.1) is 11.3 Å². The highest BCUT2D eigenvalue weighted by atomic mass is 16.5. The molecule has 33 heavy (non-hydrogen) atoms. The number of carbonyl (C=O) groups is 1. The van der Waals surface area contributed by atoms with Gasteiger partial charge in [0, 0.05) is 44.8 Å². The molecule has 1 aliphatic heterocycles. The Labute approximate surface area is 195 Å². The number of methoxy groups -OCH3 is 1. The van der Waals surface area contributed by atoms with Gasteiger partial charge in [0.25, 0.3) is 0 Å². The van der Waals surface area contributed by atoms with Crippen molar-refractivity contribution in [3.63, 3.8) is 0 Å². The van der Waals surface area contributed by atoms with Crippen LogP contribution in [-0.4, -0.2) is 55.2 Å². The highest BCUT2D eigenvalue weighted by molar-refractivity contribution is 5.77. The minimum Gasteiger partial charge on any atom is -0.484 e. The summed E-state index contributed by atoms with van der Waals surface area (Å²) in [6.45, 7) is 6.40. The zero-order valence-corrected chi connectivity index (χ0v) is 19.7. The number of pyridine rings is 1. The lowest BCUT2D eigenvalue weighted by atomic mass is 10.1. The van der Waals surface area contributed by atoms with Crippen LogP contribution in [0.2, 0.25) is 0 Å². The summed E-state index contributed by atoms with van der Waals surface area (Å²) in [4.78, 5) is 21.5. The first-order valence-electron chi connectivity index (χ1n) is 11.7. The zero-order valence-electron chi connectivity index (χ0n) is 19.7. The van der Waals surface area contributed by atoms with Gasteiger partial charge in [-0.25, -0.2) is 4.98 Å². The number of anilines is 1. The maximum absolute atomic E-state index is 12.5. The van der Waals surface area contributed by atoms with Crippen molar-refractivity contribution in [2.75, 3.05) is 38.3 Å². The summed E-state index contributed by atoms with van der Waals surface area (Å²) in [6, 6.07) is 14.3. The molecule has 2 aliphatic rings. The van der Waals surface area contributed by atoms with Gasteiger partial charge in [-0.15, -0.1) is 0 Å². The van der Waals surface area contributed by atoms with Crippen LogP contribution in [0.4, 0.5) is 5.82 Å². The molecule has 0 N–H and O–H groups in total. The Morgan fingerprint density at radius 1 is 1.27 bits per heavy atom. The van der Waals surface area contributed by atoms with Gasteiger partial charge < -0.3 is 19.3 Å². The molecule has 1 aromatic carbocycles. The van der Waals surface area contributed by atoms with Gasteiger partial charge in [-0.1, -0.05) is 30.3 Å². The number of amides is 1. The van der Waals surface area contributed by atoms with Crippen molar-refractivity contribution in [2.45, 2.75) is 51.2 Å². The molecule has 1 unspecified atom stereocenters. The van der Waals surface area contributed by atoms with Crippen molar-refractivity contribution >= 4 is 11.7 Å². The van der Waals surface area contributed by atoms with Gasteiger partial charge in [0.15, 0.2) is 0 Å². The average Bonchev–Trinajstić information content (AvgIpc) is 3.68. The van der Waals surface area contributed by atoms with E-state index >= 15 is 0 Å². The van der Waals surface area contributed by atoms with E-state index < -0.39 is 0 Å².